The fourth-order valence-corrected chi connectivity index (χ4v) is 2.67. The van der Waals surface area contributed by atoms with E-state index in [-0.39, 0.29) is 17.7 Å². The molecule has 2 aromatic heterocycles. The van der Waals surface area contributed by atoms with Gasteiger partial charge in [0, 0.05) is 26.3 Å². The summed E-state index contributed by atoms with van der Waals surface area (Å²) in [5.41, 5.74) is 1.19. The molecule has 0 spiro atoms. The average Bonchev–Trinajstić information content (AvgIpc) is 3.18. The molecule has 0 bridgehead atoms. The van der Waals surface area contributed by atoms with Gasteiger partial charge in [-0.1, -0.05) is 0 Å². The van der Waals surface area contributed by atoms with Crippen molar-refractivity contribution >= 4 is 17.5 Å². The Morgan fingerprint density at radius 3 is 3.00 bits per heavy atom. The van der Waals surface area contributed by atoms with E-state index < -0.39 is 0 Å². The van der Waals surface area contributed by atoms with Crippen LogP contribution in [-0.4, -0.2) is 39.6 Å². The number of piperidine rings is 1. The summed E-state index contributed by atoms with van der Waals surface area (Å²) >= 11 is 0. The van der Waals surface area contributed by atoms with Crippen molar-refractivity contribution in [3.63, 3.8) is 0 Å². The number of carbonyl (C=O) groups is 2. The third kappa shape index (κ3) is 3.03. The highest BCUT2D eigenvalue weighted by molar-refractivity contribution is 5.96. The van der Waals surface area contributed by atoms with Gasteiger partial charge in [0.15, 0.2) is 0 Å². The molecule has 22 heavy (non-hydrogen) atoms. The normalized spacial score (nSPS) is 18.2. The Bertz CT molecular complexity index is 662. The Labute approximate surface area is 127 Å². The van der Waals surface area contributed by atoms with Gasteiger partial charge in [-0.05, 0) is 18.9 Å². The van der Waals surface area contributed by atoms with Gasteiger partial charge in [0.2, 0.25) is 5.91 Å². The second kappa shape index (κ2) is 6.05. The summed E-state index contributed by atoms with van der Waals surface area (Å²) in [7, 11) is 1.79. The Hall–Kier alpha value is -2.57. The molecule has 2 aromatic rings. The molecule has 0 unspecified atom stereocenters. The van der Waals surface area contributed by atoms with E-state index in [4.69, 9.17) is 4.42 Å². The number of anilines is 1. The Kier molecular flexibility index (Phi) is 3.95. The van der Waals surface area contributed by atoms with Crippen LogP contribution in [0.3, 0.4) is 0 Å². The van der Waals surface area contributed by atoms with Crippen LogP contribution in [0.15, 0.2) is 35.4 Å². The first kappa shape index (κ1) is 14.4. The highest BCUT2D eigenvalue weighted by Crippen LogP contribution is 2.20. The second-order valence-electron chi connectivity index (χ2n) is 5.49. The number of hydrogen-bond acceptors (Lipinski definition) is 4. The van der Waals surface area contributed by atoms with E-state index in [9.17, 15) is 9.59 Å². The number of nitrogens with zero attached hydrogens (tertiary/aromatic N) is 3. The van der Waals surface area contributed by atoms with Crippen molar-refractivity contribution < 1.29 is 14.0 Å². The highest BCUT2D eigenvalue weighted by Gasteiger charge is 2.29. The zero-order valence-corrected chi connectivity index (χ0v) is 12.4. The van der Waals surface area contributed by atoms with E-state index in [2.05, 4.69) is 10.4 Å². The lowest BCUT2D eigenvalue weighted by Crippen LogP contribution is -2.43. The Balaban J connectivity index is 1.62. The number of furan rings is 1. The van der Waals surface area contributed by atoms with Gasteiger partial charge in [-0.3, -0.25) is 14.3 Å². The molecule has 7 nitrogen and oxygen atoms in total. The molecule has 0 saturated carbocycles. The van der Waals surface area contributed by atoms with Gasteiger partial charge in [-0.2, -0.15) is 5.10 Å². The molecule has 0 aliphatic carbocycles. The fraction of sp³-hybridized carbons (Fsp3) is 0.400. The summed E-state index contributed by atoms with van der Waals surface area (Å²) in [6.07, 6.45) is 7.85. The lowest BCUT2D eigenvalue weighted by atomic mass is 9.96. The van der Waals surface area contributed by atoms with E-state index >= 15 is 0 Å². The van der Waals surface area contributed by atoms with Crippen molar-refractivity contribution in [2.24, 2.45) is 13.0 Å². The van der Waals surface area contributed by atoms with Crippen molar-refractivity contribution in [2.45, 2.75) is 12.8 Å². The summed E-state index contributed by atoms with van der Waals surface area (Å²) < 4.78 is 6.58. The van der Waals surface area contributed by atoms with E-state index in [1.165, 1.54) is 12.5 Å². The maximum absolute atomic E-state index is 12.3. The van der Waals surface area contributed by atoms with Gasteiger partial charge in [-0.25, -0.2) is 0 Å². The lowest BCUT2D eigenvalue weighted by Gasteiger charge is -2.31. The molecule has 116 valence electrons. The topological polar surface area (TPSA) is 80.4 Å². The van der Waals surface area contributed by atoms with Crippen molar-refractivity contribution in [1.29, 1.82) is 0 Å². The first-order chi connectivity index (χ1) is 10.6. The van der Waals surface area contributed by atoms with Crippen LogP contribution in [0.2, 0.25) is 0 Å². The van der Waals surface area contributed by atoms with Crippen molar-refractivity contribution in [1.82, 2.24) is 14.7 Å². The molecule has 7 heteroatoms. The van der Waals surface area contributed by atoms with Crippen LogP contribution in [-0.2, 0) is 11.8 Å². The number of aromatic nitrogens is 2. The molecule has 0 aromatic carbocycles. The molecular weight excluding hydrogens is 284 g/mol. The quantitative estimate of drug-likeness (QED) is 0.932. The van der Waals surface area contributed by atoms with Gasteiger partial charge in [0.25, 0.3) is 5.91 Å². The average molecular weight is 302 g/mol. The monoisotopic (exact) mass is 302 g/mol. The van der Waals surface area contributed by atoms with E-state index in [0.29, 0.717) is 24.3 Å². The first-order valence-electron chi connectivity index (χ1n) is 7.24. The minimum Gasteiger partial charge on any atom is -0.472 e. The second-order valence-corrected chi connectivity index (χ2v) is 5.49. The summed E-state index contributed by atoms with van der Waals surface area (Å²) in [5, 5.41) is 6.87. The largest absolute Gasteiger partial charge is 0.472 e. The van der Waals surface area contributed by atoms with Crippen LogP contribution in [0, 0.1) is 5.92 Å². The molecule has 1 N–H and O–H groups in total. The number of aryl methyl sites for hydroxylation is 1. The van der Waals surface area contributed by atoms with Gasteiger partial charge in [0.05, 0.1) is 29.6 Å². The Morgan fingerprint density at radius 1 is 1.45 bits per heavy atom. The number of likely N-dealkylation sites (tertiary alicyclic amines) is 1. The number of rotatable bonds is 3. The molecule has 0 radical (unpaired) electrons. The summed E-state index contributed by atoms with van der Waals surface area (Å²) in [5.74, 6) is -0.366. The van der Waals surface area contributed by atoms with Crippen molar-refractivity contribution in [3.8, 4) is 0 Å². The van der Waals surface area contributed by atoms with Gasteiger partial charge in [0.1, 0.15) is 6.26 Å². The molecule has 3 rings (SSSR count). The van der Waals surface area contributed by atoms with Gasteiger partial charge in [-0.15, -0.1) is 0 Å². The van der Waals surface area contributed by atoms with Crippen LogP contribution in [0.4, 0.5) is 5.69 Å². The number of hydrogen-bond donors (Lipinski definition) is 1. The SMILES string of the molecule is Cn1cc(NC(=O)[C@H]2CCCN(C(=O)c3ccoc3)C2)cn1. The summed E-state index contributed by atoms with van der Waals surface area (Å²) in [6, 6.07) is 1.64. The van der Waals surface area contributed by atoms with Crippen molar-refractivity contribution in [2.75, 3.05) is 18.4 Å². The molecule has 2 amide bonds. The van der Waals surface area contributed by atoms with Gasteiger partial charge >= 0.3 is 0 Å². The molecule has 1 aliphatic heterocycles. The number of carbonyl (C=O) groups excluding carboxylic acids is 2. The molecule has 3 heterocycles. The zero-order chi connectivity index (χ0) is 15.5. The molecule has 1 aliphatic rings. The molecule has 1 atom stereocenters. The van der Waals surface area contributed by atoms with Crippen molar-refractivity contribution in [3.05, 3.63) is 36.5 Å². The highest BCUT2D eigenvalue weighted by atomic mass is 16.3. The van der Waals surface area contributed by atoms with E-state index in [0.717, 1.165) is 12.8 Å². The first-order valence-corrected chi connectivity index (χ1v) is 7.24. The van der Waals surface area contributed by atoms with Crippen LogP contribution in [0.1, 0.15) is 23.2 Å². The predicted molar refractivity (Wildman–Crippen MR) is 79.2 cm³/mol. The van der Waals surface area contributed by atoms with Crippen LogP contribution in [0.5, 0.6) is 0 Å². The van der Waals surface area contributed by atoms with E-state index in [1.54, 1.807) is 35.1 Å². The number of amides is 2. The minimum absolute atomic E-state index is 0.0716. The van der Waals surface area contributed by atoms with Crippen LogP contribution >= 0.6 is 0 Å². The maximum atomic E-state index is 12.3. The van der Waals surface area contributed by atoms with Crippen LogP contribution < -0.4 is 5.32 Å². The fourth-order valence-electron chi connectivity index (χ4n) is 2.67. The molecular formula is C15H18N4O3. The summed E-state index contributed by atoms with van der Waals surface area (Å²) in [4.78, 5) is 26.3. The van der Waals surface area contributed by atoms with Crippen LogP contribution in [0.25, 0.3) is 0 Å². The van der Waals surface area contributed by atoms with E-state index in [1.807, 2.05) is 0 Å². The third-order valence-electron chi connectivity index (χ3n) is 3.82. The smallest absolute Gasteiger partial charge is 0.257 e. The number of nitrogens with one attached hydrogen (secondary N) is 1. The lowest BCUT2D eigenvalue weighted by molar-refractivity contribution is -0.121. The van der Waals surface area contributed by atoms with Gasteiger partial charge < -0.3 is 14.6 Å². The Morgan fingerprint density at radius 2 is 2.32 bits per heavy atom. The standard InChI is InChI=1S/C15H18N4O3/c1-18-9-13(7-16-18)17-14(20)11-3-2-5-19(8-11)15(21)12-4-6-22-10-12/h4,6-7,9-11H,2-3,5,8H2,1H3,(H,17,20)/t11-/m0/s1. The molecule has 1 fully saturated rings. The third-order valence-corrected chi connectivity index (χ3v) is 3.82. The maximum Gasteiger partial charge on any atom is 0.257 e. The zero-order valence-electron chi connectivity index (χ0n) is 12.4. The molecule has 1 saturated heterocycles. The predicted octanol–water partition coefficient (Wildman–Crippen LogP) is 1.50. The summed E-state index contributed by atoms with van der Waals surface area (Å²) in [6.45, 7) is 1.09. The minimum atomic E-state index is -0.204.